The maximum atomic E-state index is 13.7. The number of nitrogens with zero attached hydrogens (tertiary/aromatic N) is 4. The molecular weight excluding hydrogens is 498 g/mol. The lowest BCUT2D eigenvalue weighted by atomic mass is 10.2. The van der Waals surface area contributed by atoms with Crippen molar-refractivity contribution < 1.29 is 18.3 Å². The van der Waals surface area contributed by atoms with Crippen LogP contribution in [0.25, 0.3) is 5.69 Å². The first-order chi connectivity index (χ1) is 18.2. The van der Waals surface area contributed by atoms with Gasteiger partial charge in [-0.2, -0.15) is 5.10 Å². The number of aldehydes is 1. The summed E-state index contributed by atoms with van der Waals surface area (Å²) in [5.74, 6) is 0.103. The molecule has 0 saturated carbocycles. The lowest BCUT2D eigenvalue weighted by molar-refractivity contribution is 0.111. The monoisotopic (exact) mass is 526 g/mol. The molecule has 4 rings (SSSR count). The number of hydrogen-bond acceptors (Lipinski definition) is 8. The highest BCUT2D eigenvalue weighted by atomic mass is 19.1. The first-order valence-electron chi connectivity index (χ1n) is 11.4. The average Bonchev–Trinajstić information content (AvgIpc) is 2.92. The fourth-order valence-corrected chi connectivity index (χ4v) is 2.99. The molecule has 0 fully saturated rings. The van der Waals surface area contributed by atoms with Crippen molar-refractivity contribution in [3.8, 4) is 17.2 Å². The Morgan fingerprint density at radius 1 is 1.03 bits per heavy atom. The van der Waals surface area contributed by atoms with E-state index in [9.17, 15) is 23.2 Å². The van der Waals surface area contributed by atoms with Gasteiger partial charge in [0.15, 0.2) is 23.5 Å². The van der Waals surface area contributed by atoms with Gasteiger partial charge in [0.25, 0.3) is 5.56 Å². The van der Waals surface area contributed by atoms with E-state index in [-0.39, 0.29) is 23.4 Å². The van der Waals surface area contributed by atoms with Gasteiger partial charge >= 0.3 is 5.69 Å². The molecule has 200 valence electrons. The third kappa shape index (κ3) is 6.87. The highest BCUT2D eigenvalue weighted by Gasteiger charge is 2.12. The van der Waals surface area contributed by atoms with Crippen LogP contribution in [0, 0.1) is 18.6 Å². The normalized spacial score (nSPS) is 9.87. The second kappa shape index (κ2) is 13.4. The van der Waals surface area contributed by atoms with Crippen LogP contribution in [0.2, 0.25) is 0 Å². The number of aromatic nitrogens is 4. The van der Waals surface area contributed by atoms with E-state index in [0.29, 0.717) is 22.8 Å². The van der Waals surface area contributed by atoms with Crippen LogP contribution in [0.4, 0.5) is 20.3 Å². The molecule has 0 aliphatic heterocycles. The van der Waals surface area contributed by atoms with Gasteiger partial charge in [-0.25, -0.2) is 27.8 Å². The van der Waals surface area contributed by atoms with Gasteiger partial charge in [-0.05, 0) is 49.4 Å². The lowest BCUT2D eigenvalue weighted by Gasteiger charge is -2.11. The van der Waals surface area contributed by atoms with E-state index in [2.05, 4.69) is 15.4 Å². The summed E-state index contributed by atoms with van der Waals surface area (Å²) in [6.45, 7) is 5.78. The van der Waals surface area contributed by atoms with Crippen molar-refractivity contribution in [3.05, 3.63) is 98.5 Å². The predicted octanol–water partition coefficient (Wildman–Crippen LogP) is 3.85. The number of ether oxygens (including phenoxy) is 1. The van der Waals surface area contributed by atoms with Crippen LogP contribution in [0.15, 0.2) is 64.3 Å². The van der Waals surface area contributed by atoms with Crippen molar-refractivity contribution in [1.82, 2.24) is 19.3 Å². The number of pyridine rings is 1. The van der Waals surface area contributed by atoms with Gasteiger partial charge < -0.3 is 15.8 Å². The number of anilines is 2. The molecular formula is C26H28F2N6O4. The molecule has 0 spiro atoms. The smallest absolute Gasteiger partial charge is 0.351 e. The predicted molar refractivity (Wildman–Crippen MR) is 141 cm³/mol. The van der Waals surface area contributed by atoms with Crippen molar-refractivity contribution >= 4 is 17.8 Å². The van der Waals surface area contributed by atoms with Gasteiger partial charge in [-0.3, -0.25) is 9.59 Å². The topological polar surface area (TPSA) is 134 Å². The highest BCUT2D eigenvalue weighted by molar-refractivity contribution is 5.70. The van der Waals surface area contributed by atoms with Crippen molar-refractivity contribution in [2.75, 3.05) is 18.1 Å². The van der Waals surface area contributed by atoms with Crippen LogP contribution in [0.1, 0.15) is 29.9 Å². The zero-order valence-electron chi connectivity index (χ0n) is 21.5. The van der Waals surface area contributed by atoms with Crippen LogP contribution < -0.4 is 27.0 Å². The van der Waals surface area contributed by atoms with E-state index >= 15 is 0 Å². The number of hydrogen-bond donors (Lipinski definition) is 2. The third-order valence-corrected chi connectivity index (χ3v) is 4.98. The molecule has 0 aliphatic carbocycles. The van der Waals surface area contributed by atoms with E-state index in [1.807, 2.05) is 13.8 Å². The summed E-state index contributed by atoms with van der Waals surface area (Å²) in [6, 6.07) is 11.1. The van der Waals surface area contributed by atoms with Crippen LogP contribution in [0.3, 0.4) is 0 Å². The van der Waals surface area contributed by atoms with Gasteiger partial charge in [0, 0.05) is 37.6 Å². The number of nitrogen functional groups attached to an aromatic ring is 1. The van der Waals surface area contributed by atoms with Gasteiger partial charge in [-0.15, -0.1) is 0 Å². The number of nitrogens with two attached hydrogens (primary N) is 1. The molecule has 10 nitrogen and oxygen atoms in total. The lowest BCUT2D eigenvalue weighted by Crippen LogP contribution is -2.41. The van der Waals surface area contributed by atoms with Crippen LogP contribution in [-0.2, 0) is 7.05 Å². The van der Waals surface area contributed by atoms with Crippen LogP contribution in [0.5, 0.6) is 11.5 Å². The van der Waals surface area contributed by atoms with Gasteiger partial charge in [0.1, 0.15) is 17.4 Å². The SMILES string of the molecule is CC.CNc1ccc(Oc2ccnc(N)c2C)c(F)c1.Cn1nc(C=O)c(=O)n(-c2ccc(F)cc2)c1=O. The van der Waals surface area contributed by atoms with Crippen LogP contribution in [-0.4, -0.2) is 32.7 Å². The van der Waals surface area contributed by atoms with Crippen molar-refractivity contribution in [3.63, 3.8) is 0 Å². The molecule has 0 amide bonds. The zero-order chi connectivity index (χ0) is 28.4. The minimum Gasteiger partial charge on any atom is -0.454 e. The van der Waals surface area contributed by atoms with Crippen LogP contribution >= 0.6 is 0 Å². The summed E-state index contributed by atoms with van der Waals surface area (Å²) in [5.41, 5.74) is 5.28. The molecule has 2 aromatic carbocycles. The highest BCUT2D eigenvalue weighted by Crippen LogP contribution is 2.30. The molecule has 38 heavy (non-hydrogen) atoms. The molecule has 0 saturated heterocycles. The van der Waals surface area contributed by atoms with Gasteiger partial charge in [-0.1, -0.05) is 13.8 Å². The Hall–Kier alpha value is -4.87. The third-order valence-electron chi connectivity index (χ3n) is 4.98. The number of nitrogens with one attached hydrogen (secondary N) is 1. The number of carbonyl (C=O) groups excluding carboxylic acids is 1. The number of rotatable bonds is 5. The average molecular weight is 527 g/mol. The summed E-state index contributed by atoms with van der Waals surface area (Å²) in [4.78, 5) is 38.2. The number of aryl methyl sites for hydroxylation is 1. The van der Waals surface area contributed by atoms with E-state index in [1.54, 1.807) is 32.2 Å². The summed E-state index contributed by atoms with van der Waals surface area (Å²) in [6.07, 6.45) is 1.79. The summed E-state index contributed by atoms with van der Waals surface area (Å²) in [5, 5.41) is 6.38. The number of benzene rings is 2. The van der Waals surface area contributed by atoms with Crippen molar-refractivity contribution in [2.45, 2.75) is 20.8 Å². The number of carbonyl (C=O) groups is 1. The maximum Gasteiger partial charge on any atom is 0.351 e. The molecule has 2 heterocycles. The Balaban J connectivity index is 0.000000251. The first kappa shape index (κ1) is 29.4. The van der Waals surface area contributed by atoms with E-state index in [1.165, 1.54) is 31.4 Å². The second-order valence-electron chi connectivity index (χ2n) is 7.34. The molecule has 0 bridgehead atoms. The molecule has 4 aromatic rings. The molecule has 0 atom stereocenters. The Morgan fingerprint density at radius 3 is 2.26 bits per heavy atom. The summed E-state index contributed by atoms with van der Waals surface area (Å²) < 4.78 is 33.7. The Bertz CT molecular complexity index is 1520. The summed E-state index contributed by atoms with van der Waals surface area (Å²) in [7, 11) is 3.04. The fourth-order valence-electron chi connectivity index (χ4n) is 2.99. The quantitative estimate of drug-likeness (QED) is 0.375. The van der Waals surface area contributed by atoms with E-state index < -0.39 is 22.9 Å². The van der Waals surface area contributed by atoms with Crippen molar-refractivity contribution in [1.29, 1.82) is 0 Å². The molecule has 0 radical (unpaired) electrons. The molecule has 3 N–H and O–H groups in total. The minimum atomic E-state index is -0.834. The Morgan fingerprint density at radius 2 is 1.68 bits per heavy atom. The van der Waals surface area contributed by atoms with E-state index in [4.69, 9.17) is 10.5 Å². The standard InChI is InChI=1S/C13H14FN3O.C11H8FN3O3.C2H6/c1-8-11(5-6-17-13(8)15)18-12-4-3-9(16-2)7-10(12)14;1-14-11(18)15(10(17)9(6-16)13-14)8-4-2-7(12)3-5-8;1-2/h3-7,16H,1-2H3,(H2,15,17);2-6H,1H3;1-2H3. The second-order valence-corrected chi connectivity index (χ2v) is 7.34. The fraction of sp³-hybridized carbons (Fsp3) is 0.192. The molecule has 2 aromatic heterocycles. The molecule has 12 heteroatoms. The molecule has 0 aliphatic rings. The van der Waals surface area contributed by atoms with Gasteiger partial charge in [0.05, 0.1) is 5.69 Å². The largest absolute Gasteiger partial charge is 0.454 e. The maximum absolute atomic E-state index is 13.7. The molecule has 0 unspecified atom stereocenters. The summed E-state index contributed by atoms with van der Waals surface area (Å²) >= 11 is 0. The Kier molecular flexibility index (Phi) is 10.4. The number of halogens is 2. The van der Waals surface area contributed by atoms with E-state index in [0.717, 1.165) is 21.4 Å². The van der Waals surface area contributed by atoms with Gasteiger partial charge in [0.2, 0.25) is 0 Å². The minimum absolute atomic E-state index is 0.155. The zero-order valence-corrected chi connectivity index (χ0v) is 21.5. The Labute approximate surface area is 217 Å². The van der Waals surface area contributed by atoms with Crippen molar-refractivity contribution in [2.24, 2.45) is 7.05 Å². The first-order valence-corrected chi connectivity index (χ1v) is 11.4.